The summed E-state index contributed by atoms with van der Waals surface area (Å²) < 4.78 is 0. The Morgan fingerprint density at radius 3 is 2.56 bits per heavy atom. The molecule has 0 saturated heterocycles. The van der Waals surface area contributed by atoms with Crippen LogP contribution in [-0.4, -0.2) is 13.6 Å². The summed E-state index contributed by atoms with van der Waals surface area (Å²) in [5.41, 5.74) is 1.98. The highest BCUT2D eigenvalue weighted by molar-refractivity contribution is 5.49. The van der Waals surface area contributed by atoms with Gasteiger partial charge in [-0.05, 0) is 61.3 Å². The Bertz CT molecular complexity index is 457. The summed E-state index contributed by atoms with van der Waals surface area (Å²) in [5.74, 6) is 2.90. The van der Waals surface area contributed by atoms with E-state index in [0.29, 0.717) is 0 Å². The highest BCUT2D eigenvalue weighted by Crippen LogP contribution is 2.48. The number of anilines is 1. The van der Waals surface area contributed by atoms with Crippen molar-refractivity contribution in [2.75, 3.05) is 18.5 Å². The summed E-state index contributed by atoms with van der Waals surface area (Å²) in [4.78, 5) is 2.35. The van der Waals surface area contributed by atoms with Gasteiger partial charge in [0.1, 0.15) is 0 Å². The zero-order valence-electron chi connectivity index (χ0n) is 11.0. The van der Waals surface area contributed by atoms with Crippen LogP contribution in [0.15, 0.2) is 24.3 Å². The molecule has 3 rings (SSSR count). The third-order valence-corrected chi connectivity index (χ3v) is 4.83. The Hall–Kier alpha value is -1.49. The molecule has 1 aromatic carbocycles. The van der Waals surface area contributed by atoms with E-state index in [0.717, 1.165) is 23.3 Å². The van der Waals surface area contributed by atoms with Crippen molar-refractivity contribution in [2.45, 2.75) is 25.7 Å². The van der Waals surface area contributed by atoms with Crippen LogP contribution in [0.3, 0.4) is 0 Å². The van der Waals surface area contributed by atoms with E-state index in [4.69, 9.17) is 5.26 Å². The summed E-state index contributed by atoms with van der Waals surface area (Å²) in [6.45, 7) is 1.17. The van der Waals surface area contributed by atoms with Gasteiger partial charge in [0, 0.05) is 19.3 Å². The van der Waals surface area contributed by atoms with Gasteiger partial charge < -0.3 is 4.90 Å². The lowest BCUT2D eigenvalue weighted by molar-refractivity contribution is 0.337. The number of benzene rings is 1. The van der Waals surface area contributed by atoms with Gasteiger partial charge in [-0.25, -0.2) is 0 Å². The van der Waals surface area contributed by atoms with Gasteiger partial charge in [-0.3, -0.25) is 0 Å². The Morgan fingerprint density at radius 2 is 2.00 bits per heavy atom. The molecule has 2 nitrogen and oxygen atoms in total. The first kappa shape index (κ1) is 11.6. The topological polar surface area (TPSA) is 27.0 Å². The maximum Gasteiger partial charge on any atom is 0.0991 e. The van der Waals surface area contributed by atoms with Crippen LogP contribution >= 0.6 is 0 Å². The lowest BCUT2D eigenvalue weighted by Gasteiger charge is -2.28. The smallest absolute Gasteiger partial charge is 0.0991 e. The predicted molar refractivity (Wildman–Crippen MR) is 73.4 cm³/mol. The van der Waals surface area contributed by atoms with Crippen molar-refractivity contribution in [1.29, 1.82) is 5.26 Å². The molecule has 18 heavy (non-hydrogen) atoms. The molecular formula is C16H20N2. The maximum absolute atomic E-state index is 8.80. The number of nitriles is 1. The summed E-state index contributed by atoms with van der Waals surface area (Å²) in [7, 11) is 2.17. The van der Waals surface area contributed by atoms with E-state index in [1.807, 2.05) is 12.1 Å². The summed E-state index contributed by atoms with van der Waals surface area (Å²) in [5, 5.41) is 8.80. The highest BCUT2D eigenvalue weighted by Gasteiger charge is 2.39. The van der Waals surface area contributed by atoms with Crippen LogP contribution in [-0.2, 0) is 0 Å². The molecule has 1 aromatic rings. The van der Waals surface area contributed by atoms with E-state index >= 15 is 0 Å². The van der Waals surface area contributed by atoms with Crippen molar-refractivity contribution >= 4 is 5.69 Å². The largest absolute Gasteiger partial charge is 0.374 e. The van der Waals surface area contributed by atoms with Crippen LogP contribution in [0.5, 0.6) is 0 Å². The van der Waals surface area contributed by atoms with Crippen LogP contribution in [0.1, 0.15) is 31.2 Å². The molecular weight excluding hydrogens is 220 g/mol. The number of hydrogen-bond acceptors (Lipinski definition) is 2. The van der Waals surface area contributed by atoms with Gasteiger partial charge in [-0.15, -0.1) is 0 Å². The SMILES string of the molecule is CN(CC1CC2CCC1C2)c1ccc(C#N)cc1. The summed E-state index contributed by atoms with van der Waals surface area (Å²) in [6.07, 6.45) is 5.84. The molecule has 2 aliphatic carbocycles. The molecule has 0 aromatic heterocycles. The molecule has 2 saturated carbocycles. The van der Waals surface area contributed by atoms with Crippen LogP contribution < -0.4 is 4.90 Å². The molecule has 0 N–H and O–H groups in total. The summed E-state index contributed by atoms with van der Waals surface area (Å²) >= 11 is 0. The highest BCUT2D eigenvalue weighted by atomic mass is 15.1. The number of nitrogens with zero attached hydrogens (tertiary/aromatic N) is 2. The average Bonchev–Trinajstić information content (AvgIpc) is 3.01. The van der Waals surface area contributed by atoms with E-state index in [9.17, 15) is 0 Å². The first-order chi connectivity index (χ1) is 8.76. The Balaban J connectivity index is 1.64. The Labute approximate surface area is 109 Å². The molecule has 3 unspecified atom stereocenters. The van der Waals surface area contributed by atoms with Crippen molar-refractivity contribution in [2.24, 2.45) is 17.8 Å². The van der Waals surface area contributed by atoms with Gasteiger partial charge in [-0.1, -0.05) is 6.42 Å². The second-order valence-electron chi connectivity index (χ2n) is 5.97. The minimum atomic E-state index is 0.743. The minimum absolute atomic E-state index is 0.743. The monoisotopic (exact) mass is 240 g/mol. The molecule has 2 fully saturated rings. The molecule has 3 atom stereocenters. The predicted octanol–water partition coefficient (Wildman–Crippen LogP) is 3.43. The maximum atomic E-state index is 8.80. The van der Waals surface area contributed by atoms with Crippen LogP contribution in [0.2, 0.25) is 0 Å². The summed E-state index contributed by atoms with van der Waals surface area (Å²) in [6, 6.07) is 10.1. The second kappa shape index (κ2) is 4.65. The third kappa shape index (κ3) is 2.10. The molecule has 2 bridgehead atoms. The van der Waals surface area contributed by atoms with E-state index in [2.05, 4.69) is 30.1 Å². The van der Waals surface area contributed by atoms with E-state index in [1.165, 1.54) is 37.9 Å². The van der Waals surface area contributed by atoms with Gasteiger partial charge >= 0.3 is 0 Å². The second-order valence-corrected chi connectivity index (χ2v) is 5.97. The van der Waals surface area contributed by atoms with Crippen LogP contribution in [0, 0.1) is 29.1 Å². The van der Waals surface area contributed by atoms with Gasteiger partial charge in [-0.2, -0.15) is 5.26 Å². The zero-order valence-corrected chi connectivity index (χ0v) is 11.0. The van der Waals surface area contributed by atoms with Crippen molar-refractivity contribution in [1.82, 2.24) is 0 Å². The number of hydrogen-bond donors (Lipinski definition) is 0. The molecule has 0 spiro atoms. The Morgan fingerprint density at radius 1 is 1.22 bits per heavy atom. The van der Waals surface area contributed by atoms with E-state index < -0.39 is 0 Å². The van der Waals surface area contributed by atoms with Crippen molar-refractivity contribution in [3.8, 4) is 6.07 Å². The fraction of sp³-hybridized carbons (Fsp3) is 0.562. The standard InChI is InChI=1S/C16H20N2/c1-18(16-6-3-12(10-17)4-7-16)11-15-9-13-2-5-14(15)8-13/h3-4,6-7,13-15H,2,5,8-9,11H2,1H3. The molecule has 0 heterocycles. The van der Waals surface area contributed by atoms with E-state index in [1.54, 1.807) is 0 Å². The zero-order chi connectivity index (χ0) is 12.5. The lowest BCUT2D eigenvalue weighted by atomic mass is 9.88. The van der Waals surface area contributed by atoms with Crippen LogP contribution in [0.4, 0.5) is 5.69 Å². The van der Waals surface area contributed by atoms with Gasteiger partial charge in [0.15, 0.2) is 0 Å². The minimum Gasteiger partial charge on any atom is -0.374 e. The first-order valence-corrected chi connectivity index (χ1v) is 6.97. The molecule has 0 aliphatic heterocycles. The average molecular weight is 240 g/mol. The van der Waals surface area contributed by atoms with Gasteiger partial charge in [0.25, 0.3) is 0 Å². The molecule has 2 heteroatoms. The third-order valence-electron chi connectivity index (χ3n) is 4.83. The van der Waals surface area contributed by atoms with Crippen molar-refractivity contribution in [3.05, 3.63) is 29.8 Å². The fourth-order valence-corrected chi connectivity index (χ4v) is 3.85. The molecule has 2 aliphatic rings. The van der Waals surface area contributed by atoms with Gasteiger partial charge in [0.05, 0.1) is 11.6 Å². The van der Waals surface area contributed by atoms with Gasteiger partial charge in [0.2, 0.25) is 0 Å². The molecule has 0 amide bonds. The number of fused-ring (bicyclic) bond motifs is 2. The normalized spacial score (nSPS) is 29.2. The molecule has 94 valence electrons. The first-order valence-electron chi connectivity index (χ1n) is 6.97. The lowest BCUT2D eigenvalue weighted by Crippen LogP contribution is -2.28. The fourth-order valence-electron chi connectivity index (χ4n) is 3.85. The quantitative estimate of drug-likeness (QED) is 0.809. The van der Waals surface area contributed by atoms with Crippen LogP contribution in [0.25, 0.3) is 0 Å². The van der Waals surface area contributed by atoms with Crippen molar-refractivity contribution < 1.29 is 0 Å². The van der Waals surface area contributed by atoms with E-state index in [-0.39, 0.29) is 0 Å². The van der Waals surface area contributed by atoms with Crippen molar-refractivity contribution in [3.63, 3.8) is 0 Å². The molecule has 0 radical (unpaired) electrons. The Kier molecular flexibility index (Phi) is 2.99. The number of rotatable bonds is 3.